The smallest absolute Gasteiger partial charge is 0.251 e. The van der Waals surface area contributed by atoms with E-state index in [9.17, 15) is 5.21 Å². The standard InChI is InChI=1S/C16H14N2O3S/c1-20-14-7-5-12(6-8-14)16-17-13(10-21-16)11-22-15-4-2-3-9-18(15)19/h2-10H,11H2,1H3. The molecule has 0 saturated heterocycles. The van der Waals surface area contributed by atoms with E-state index in [4.69, 9.17) is 9.15 Å². The minimum atomic E-state index is 0.557. The molecule has 3 aromatic rings. The molecule has 0 N–H and O–H groups in total. The maximum atomic E-state index is 11.6. The molecule has 0 radical (unpaired) electrons. The van der Waals surface area contributed by atoms with E-state index in [0.29, 0.717) is 16.7 Å². The van der Waals surface area contributed by atoms with E-state index < -0.39 is 0 Å². The SMILES string of the molecule is COc1ccc(-c2nc(CSc3cccc[n+]3[O-])co2)cc1. The lowest BCUT2D eigenvalue weighted by atomic mass is 10.2. The van der Waals surface area contributed by atoms with Crippen molar-refractivity contribution >= 4 is 11.8 Å². The van der Waals surface area contributed by atoms with E-state index in [-0.39, 0.29) is 0 Å². The van der Waals surface area contributed by atoms with E-state index in [1.807, 2.05) is 30.3 Å². The average Bonchev–Trinajstić information content (AvgIpc) is 3.03. The van der Waals surface area contributed by atoms with Gasteiger partial charge in [-0.2, -0.15) is 4.73 Å². The van der Waals surface area contributed by atoms with Crippen molar-refractivity contribution in [1.29, 1.82) is 0 Å². The van der Waals surface area contributed by atoms with Crippen molar-refractivity contribution in [3.8, 4) is 17.2 Å². The molecule has 0 atom stereocenters. The summed E-state index contributed by atoms with van der Waals surface area (Å²) in [5, 5.41) is 12.2. The summed E-state index contributed by atoms with van der Waals surface area (Å²) in [6.45, 7) is 0. The predicted molar refractivity (Wildman–Crippen MR) is 83.5 cm³/mol. The van der Waals surface area contributed by atoms with Gasteiger partial charge in [-0.3, -0.25) is 0 Å². The third kappa shape index (κ3) is 3.23. The molecule has 0 aliphatic rings. The van der Waals surface area contributed by atoms with Crippen LogP contribution in [0.1, 0.15) is 5.69 Å². The number of aromatic nitrogens is 2. The van der Waals surface area contributed by atoms with Crippen molar-refractivity contribution in [2.24, 2.45) is 0 Å². The second kappa shape index (κ2) is 6.53. The molecule has 22 heavy (non-hydrogen) atoms. The molecule has 0 aliphatic heterocycles. The van der Waals surface area contributed by atoms with Gasteiger partial charge in [-0.05, 0) is 42.1 Å². The number of rotatable bonds is 5. The van der Waals surface area contributed by atoms with Crippen LogP contribution in [0.5, 0.6) is 5.75 Å². The lowest BCUT2D eigenvalue weighted by molar-refractivity contribution is -0.645. The van der Waals surface area contributed by atoms with Crippen LogP contribution in [0, 0.1) is 5.21 Å². The van der Waals surface area contributed by atoms with Crippen LogP contribution in [-0.2, 0) is 5.75 Å². The fourth-order valence-electron chi connectivity index (χ4n) is 1.91. The second-order valence-electron chi connectivity index (χ2n) is 4.53. The van der Waals surface area contributed by atoms with Gasteiger partial charge in [0.1, 0.15) is 12.0 Å². The summed E-state index contributed by atoms with van der Waals surface area (Å²) in [7, 11) is 1.63. The third-order valence-corrected chi connectivity index (χ3v) is 4.10. The first-order chi connectivity index (χ1) is 10.8. The lowest BCUT2D eigenvalue weighted by Crippen LogP contribution is -2.27. The largest absolute Gasteiger partial charge is 0.618 e. The number of ether oxygens (including phenoxy) is 1. The van der Waals surface area contributed by atoms with Gasteiger partial charge in [0, 0.05) is 23.4 Å². The van der Waals surface area contributed by atoms with Crippen LogP contribution < -0.4 is 9.47 Å². The van der Waals surface area contributed by atoms with Crippen LogP contribution in [0.3, 0.4) is 0 Å². The molecule has 0 saturated carbocycles. The van der Waals surface area contributed by atoms with Gasteiger partial charge in [0.05, 0.1) is 12.8 Å². The van der Waals surface area contributed by atoms with Crippen LogP contribution >= 0.6 is 11.8 Å². The highest BCUT2D eigenvalue weighted by Crippen LogP contribution is 2.24. The van der Waals surface area contributed by atoms with Crippen LogP contribution in [-0.4, -0.2) is 12.1 Å². The number of pyridine rings is 1. The monoisotopic (exact) mass is 314 g/mol. The molecule has 112 valence electrons. The number of nitrogens with zero attached hydrogens (tertiary/aromatic N) is 2. The van der Waals surface area contributed by atoms with Gasteiger partial charge in [0.25, 0.3) is 5.03 Å². The number of thioether (sulfide) groups is 1. The fourth-order valence-corrected chi connectivity index (χ4v) is 2.70. The first-order valence-electron chi connectivity index (χ1n) is 6.66. The van der Waals surface area contributed by atoms with Crippen molar-refractivity contribution in [2.75, 3.05) is 7.11 Å². The van der Waals surface area contributed by atoms with Gasteiger partial charge in [-0.25, -0.2) is 4.98 Å². The minimum absolute atomic E-state index is 0.557. The molecule has 5 nitrogen and oxygen atoms in total. The van der Waals surface area contributed by atoms with E-state index in [0.717, 1.165) is 21.7 Å². The van der Waals surface area contributed by atoms with Crippen LogP contribution in [0.25, 0.3) is 11.5 Å². The molecule has 0 fully saturated rings. The second-order valence-corrected chi connectivity index (χ2v) is 5.52. The van der Waals surface area contributed by atoms with Gasteiger partial charge in [0.2, 0.25) is 5.89 Å². The van der Waals surface area contributed by atoms with Crippen LogP contribution in [0.4, 0.5) is 0 Å². The highest BCUT2D eigenvalue weighted by atomic mass is 32.2. The van der Waals surface area contributed by atoms with Crippen molar-refractivity contribution < 1.29 is 13.9 Å². The van der Waals surface area contributed by atoms with E-state index >= 15 is 0 Å². The van der Waals surface area contributed by atoms with Gasteiger partial charge in [-0.15, -0.1) is 0 Å². The average molecular weight is 314 g/mol. The highest BCUT2D eigenvalue weighted by Gasteiger charge is 2.10. The molecule has 2 heterocycles. The van der Waals surface area contributed by atoms with Gasteiger partial charge < -0.3 is 14.4 Å². The summed E-state index contributed by atoms with van der Waals surface area (Å²) in [6.07, 6.45) is 3.10. The molecule has 2 aromatic heterocycles. The highest BCUT2D eigenvalue weighted by molar-refractivity contribution is 7.98. The Hall–Kier alpha value is -2.47. The van der Waals surface area contributed by atoms with Crippen molar-refractivity contribution in [3.05, 3.63) is 65.8 Å². The molecule has 0 unspecified atom stereocenters. The zero-order chi connectivity index (χ0) is 15.4. The normalized spacial score (nSPS) is 10.6. The Labute approximate surface area is 132 Å². The van der Waals surface area contributed by atoms with Gasteiger partial charge in [-0.1, -0.05) is 0 Å². The third-order valence-electron chi connectivity index (χ3n) is 3.05. The summed E-state index contributed by atoms with van der Waals surface area (Å²) in [4.78, 5) is 4.44. The number of methoxy groups -OCH3 is 1. The maximum absolute atomic E-state index is 11.6. The molecule has 0 bridgehead atoms. The fraction of sp³-hybridized carbons (Fsp3) is 0.125. The Morgan fingerprint density at radius 1 is 1.23 bits per heavy atom. The lowest BCUT2D eigenvalue weighted by Gasteiger charge is -2.01. The molecular formula is C16H14N2O3S. The van der Waals surface area contributed by atoms with Gasteiger partial charge >= 0.3 is 0 Å². The zero-order valence-corrected chi connectivity index (χ0v) is 12.7. The van der Waals surface area contributed by atoms with E-state index in [2.05, 4.69) is 4.98 Å². The van der Waals surface area contributed by atoms with Crippen molar-refractivity contribution in [1.82, 2.24) is 4.98 Å². The summed E-state index contributed by atoms with van der Waals surface area (Å²) < 4.78 is 11.5. The zero-order valence-electron chi connectivity index (χ0n) is 11.9. The summed E-state index contributed by atoms with van der Waals surface area (Å²) in [6, 6.07) is 12.8. The number of oxazole rings is 1. The molecule has 0 spiro atoms. The summed E-state index contributed by atoms with van der Waals surface area (Å²) in [5.74, 6) is 1.92. The Bertz CT molecular complexity index is 756. The Morgan fingerprint density at radius 3 is 2.77 bits per heavy atom. The molecule has 0 aliphatic carbocycles. The molecular weight excluding hydrogens is 300 g/mol. The molecule has 1 aromatic carbocycles. The first-order valence-corrected chi connectivity index (χ1v) is 7.64. The van der Waals surface area contributed by atoms with Crippen LogP contribution in [0.2, 0.25) is 0 Å². The van der Waals surface area contributed by atoms with E-state index in [1.165, 1.54) is 18.0 Å². The summed E-state index contributed by atoms with van der Waals surface area (Å²) in [5.41, 5.74) is 1.68. The minimum Gasteiger partial charge on any atom is -0.618 e. The Balaban J connectivity index is 1.69. The molecule has 6 heteroatoms. The summed E-state index contributed by atoms with van der Waals surface area (Å²) >= 11 is 1.42. The first kappa shape index (κ1) is 14.5. The number of hydrogen-bond donors (Lipinski definition) is 0. The van der Waals surface area contributed by atoms with E-state index in [1.54, 1.807) is 25.5 Å². The van der Waals surface area contributed by atoms with Crippen LogP contribution in [0.15, 0.2) is 64.4 Å². The topological polar surface area (TPSA) is 62.2 Å². The predicted octanol–water partition coefficient (Wildman–Crippen LogP) is 3.28. The van der Waals surface area contributed by atoms with Crippen molar-refractivity contribution in [2.45, 2.75) is 10.8 Å². The number of hydrogen-bond acceptors (Lipinski definition) is 5. The molecule has 3 rings (SSSR count). The quantitative estimate of drug-likeness (QED) is 0.411. The molecule has 0 amide bonds. The Morgan fingerprint density at radius 2 is 2.05 bits per heavy atom. The van der Waals surface area contributed by atoms with Crippen molar-refractivity contribution in [3.63, 3.8) is 0 Å². The van der Waals surface area contributed by atoms with Gasteiger partial charge in [0.15, 0.2) is 6.20 Å². The maximum Gasteiger partial charge on any atom is 0.251 e. The number of benzene rings is 1. The Kier molecular flexibility index (Phi) is 4.29.